The van der Waals surface area contributed by atoms with Crippen molar-refractivity contribution in [3.05, 3.63) is 106 Å². The smallest absolute Gasteiger partial charge is 0.348 e. The molecule has 0 aliphatic heterocycles. The second kappa shape index (κ2) is 10.8. The summed E-state index contributed by atoms with van der Waals surface area (Å²) in [7, 11) is 0. The molecule has 8 heteroatoms. The van der Waals surface area contributed by atoms with Crippen LogP contribution in [0.15, 0.2) is 84.9 Å². The van der Waals surface area contributed by atoms with Crippen LogP contribution in [0, 0.1) is 0 Å². The third-order valence-electron chi connectivity index (χ3n) is 4.72. The van der Waals surface area contributed by atoms with Crippen LogP contribution in [0.25, 0.3) is 9.75 Å². The number of hydrogen-bond acceptors (Lipinski definition) is 8. The lowest BCUT2D eigenvalue weighted by molar-refractivity contribution is 0.0477. The standard InChI is InChI=1S/C26H18O6S2/c27-19(17-7-3-1-4-8-17)15-31-25(29)23-13-11-21(33-23)22-12-14-24(34-22)26(30)32-16-20(28)18-9-5-2-6-10-18/h1-14H,15-16H2. The number of ketones is 2. The van der Waals surface area contributed by atoms with Gasteiger partial charge in [0.25, 0.3) is 0 Å². The second-order valence-electron chi connectivity index (χ2n) is 7.06. The summed E-state index contributed by atoms with van der Waals surface area (Å²) in [6, 6.07) is 24.0. The van der Waals surface area contributed by atoms with E-state index < -0.39 is 11.9 Å². The Bertz CT molecular complexity index is 1220. The molecule has 2 heterocycles. The molecule has 0 atom stereocenters. The minimum atomic E-state index is -0.587. The van der Waals surface area contributed by atoms with Crippen molar-refractivity contribution in [2.45, 2.75) is 0 Å². The van der Waals surface area contributed by atoms with Crippen LogP contribution in [0.5, 0.6) is 0 Å². The van der Waals surface area contributed by atoms with Crippen molar-refractivity contribution in [1.29, 1.82) is 0 Å². The Hall–Kier alpha value is -3.88. The first-order chi connectivity index (χ1) is 16.5. The van der Waals surface area contributed by atoms with Gasteiger partial charge in [-0.25, -0.2) is 9.59 Å². The number of ether oxygens (including phenoxy) is 2. The first-order valence-electron chi connectivity index (χ1n) is 10.2. The highest BCUT2D eigenvalue weighted by molar-refractivity contribution is 7.23. The maximum atomic E-state index is 12.3. The third kappa shape index (κ3) is 5.72. The monoisotopic (exact) mass is 490 g/mol. The van der Waals surface area contributed by atoms with Gasteiger partial charge in [-0.3, -0.25) is 9.59 Å². The summed E-state index contributed by atoms with van der Waals surface area (Å²) in [5.41, 5.74) is 0.955. The Morgan fingerprint density at radius 1 is 0.529 bits per heavy atom. The van der Waals surface area contributed by atoms with Crippen LogP contribution in [0.4, 0.5) is 0 Å². The van der Waals surface area contributed by atoms with Crippen LogP contribution >= 0.6 is 22.7 Å². The van der Waals surface area contributed by atoms with Gasteiger partial charge in [-0.15, -0.1) is 22.7 Å². The molecular formula is C26H18O6S2. The van der Waals surface area contributed by atoms with Gasteiger partial charge in [0.2, 0.25) is 0 Å². The molecule has 0 aliphatic carbocycles. The largest absolute Gasteiger partial charge is 0.453 e. The topological polar surface area (TPSA) is 86.7 Å². The Morgan fingerprint density at radius 2 is 0.912 bits per heavy atom. The first-order valence-corrected chi connectivity index (χ1v) is 11.9. The molecule has 170 valence electrons. The van der Waals surface area contributed by atoms with Crippen molar-refractivity contribution in [3.63, 3.8) is 0 Å². The summed E-state index contributed by atoms with van der Waals surface area (Å²) in [6.45, 7) is -0.681. The number of benzene rings is 2. The van der Waals surface area contributed by atoms with Gasteiger partial charge in [-0.2, -0.15) is 0 Å². The lowest BCUT2D eigenvalue weighted by atomic mass is 10.1. The maximum Gasteiger partial charge on any atom is 0.348 e. The zero-order valence-corrected chi connectivity index (χ0v) is 19.4. The van der Waals surface area contributed by atoms with Crippen molar-refractivity contribution in [1.82, 2.24) is 0 Å². The predicted octanol–water partition coefficient (Wildman–Crippen LogP) is 5.56. The Kier molecular flexibility index (Phi) is 7.41. The van der Waals surface area contributed by atoms with Gasteiger partial charge in [0.05, 0.1) is 0 Å². The van der Waals surface area contributed by atoms with Crippen LogP contribution in [0.1, 0.15) is 40.1 Å². The fourth-order valence-corrected chi connectivity index (χ4v) is 4.87. The number of hydrogen-bond donors (Lipinski definition) is 0. The van der Waals surface area contributed by atoms with E-state index in [0.717, 1.165) is 9.75 Å². The van der Waals surface area contributed by atoms with E-state index in [4.69, 9.17) is 9.47 Å². The highest BCUT2D eigenvalue weighted by Gasteiger charge is 2.18. The summed E-state index contributed by atoms with van der Waals surface area (Å²) < 4.78 is 10.3. The molecule has 4 aromatic rings. The van der Waals surface area contributed by atoms with Gasteiger partial charge < -0.3 is 9.47 Å². The molecule has 0 bridgehead atoms. The summed E-state index contributed by atoms with van der Waals surface area (Å²) >= 11 is 2.40. The number of rotatable bonds is 9. The summed E-state index contributed by atoms with van der Waals surface area (Å²) in [5.74, 6) is -1.73. The molecule has 0 spiro atoms. The molecule has 0 N–H and O–H groups in total. The third-order valence-corrected chi connectivity index (χ3v) is 7.04. The van der Waals surface area contributed by atoms with E-state index in [2.05, 4.69) is 0 Å². The van der Waals surface area contributed by atoms with E-state index in [0.29, 0.717) is 20.9 Å². The summed E-state index contributed by atoms with van der Waals surface area (Å²) in [4.78, 5) is 51.1. The number of Topliss-reactive ketones (excluding diaryl/α,β-unsaturated/α-hetero) is 2. The Balaban J connectivity index is 1.32. The lowest BCUT2D eigenvalue weighted by Gasteiger charge is -2.03. The average molecular weight is 491 g/mol. The molecule has 0 amide bonds. The predicted molar refractivity (Wildman–Crippen MR) is 130 cm³/mol. The molecule has 4 rings (SSSR count). The molecule has 0 saturated heterocycles. The van der Waals surface area contributed by atoms with Crippen LogP contribution < -0.4 is 0 Å². The van der Waals surface area contributed by atoms with Gasteiger partial charge in [0, 0.05) is 20.9 Å². The molecule has 0 radical (unpaired) electrons. The van der Waals surface area contributed by atoms with E-state index in [-0.39, 0.29) is 24.8 Å². The van der Waals surface area contributed by atoms with Crippen molar-refractivity contribution < 1.29 is 28.7 Å². The van der Waals surface area contributed by atoms with Gasteiger partial charge in [-0.1, -0.05) is 60.7 Å². The number of carbonyl (C=O) groups excluding carboxylic acids is 4. The number of esters is 2. The molecule has 0 saturated carbocycles. The average Bonchev–Trinajstić information content (AvgIpc) is 3.57. The Morgan fingerprint density at radius 3 is 1.29 bits per heavy atom. The van der Waals surface area contributed by atoms with Gasteiger partial charge >= 0.3 is 11.9 Å². The second-order valence-corrected chi connectivity index (χ2v) is 9.23. The van der Waals surface area contributed by atoms with E-state index in [1.165, 1.54) is 22.7 Å². The van der Waals surface area contributed by atoms with Crippen LogP contribution in [0.3, 0.4) is 0 Å². The highest BCUT2D eigenvalue weighted by Crippen LogP contribution is 2.34. The van der Waals surface area contributed by atoms with E-state index in [9.17, 15) is 19.2 Å². The Labute approximate surface area is 203 Å². The number of thiophene rings is 2. The lowest BCUT2D eigenvalue weighted by Crippen LogP contribution is -2.13. The van der Waals surface area contributed by atoms with Crippen molar-refractivity contribution in [2.75, 3.05) is 13.2 Å². The van der Waals surface area contributed by atoms with Gasteiger partial charge in [-0.05, 0) is 24.3 Å². The van der Waals surface area contributed by atoms with E-state index >= 15 is 0 Å². The quantitative estimate of drug-likeness (QED) is 0.226. The zero-order chi connectivity index (χ0) is 23.9. The number of carbonyl (C=O) groups is 4. The normalized spacial score (nSPS) is 10.5. The first kappa shape index (κ1) is 23.3. The van der Waals surface area contributed by atoms with Crippen molar-refractivity contribution in [2.24, 2.45) is 0 Å². The molecule has 6 nitrogen and oxygen atoms in total. The van der Waals surface area contributed by atoms with Crippen LogP contribution in [-0.4, -0.2) is 36.7 Å². The van der Waals surface area contributed by atoms with Crippen molar-refractivity contribution in [3.8, 4) is 9.75 Å². The SMILES string of the molecule is O=C(COC(=O)c1ccc(-c2ccc(C(=O)OCC(=O)c3ccccc3)s2)s1)c1ccccc1. The molecule has 0 unspecified atom stereocenters. The summed E-state index contributed by atoms with van der Waals surface area (Å²) in [6.07, 6.45) is 0. The van der Waals surface area contributed by atoms with Crippen molar-refractivity contribution >= 4 is 46.2 Å². The minimum Gasteiger partial charge on any atom is -0.453 e. The molecule has 34 heavy (non-hydrogen) atoms. The summed E-state index contributed by atoms with van der Waals surface area (Å²) in [5, 5.41) is 0. The van der Waals surface area contributed by atoms with Gasteiger partial charge in [0.1, 0.15) is 9.75 Å². The zero-order valence-electron chi connectivity index (χ0n) is 17.8. The van der Waals surface area contributed by atoms with Gasteiger partial charge in [0.15, 0.2) is 24.8 Å². The minimum absolute atomic E-state index is 0.280. The van der Waals surface area contributed by atoms with Crippen LogP contribution in [0.2, 0.25) is 0 Å². The highest BCUT2D eigenvalue weighted by atomic mass is 32.1. The van der Waals surface area contributed by atoms with E-state index in [1.54, 1.807) is 84.9 Å². The fourth-order valence-electron chi connectivity index (χ4n) is 2.98. The van der Waals surface area contributed by atoms with E-state index in [1.807, 2.05) is 0 Å². The molecule has 2 aromatic heterocycles. The fraction of sp³-hybridized carbons (Fsp3) is 0.0769. The van der Waals surface area contributed by atoms with Crippen LogP contribution in [-0.2, 0) is 9.47 Å². The molecule has 0 aliphatic rings. The maximum absolute atomic E-state index is 12.3. The molecule has 0 fully saturated rings. The molecule has 2 aromatic carbocycles. The molecular weight excluding hydrogens is 472 g/mol.